The fourth-order valence-corrected chi connectivity index (χ4v) is 8.55. The molecule has 0 N–H and O–H groups in total. The largest absolute Gasteiger partial charge is 0.366 e. The summed E-state index contributed by atoms with van der Waals surface area (Å²) in [5, 5.41) is 0. The van der Waals surface area contributed by atoms with Crippen molar-refractivity contribution in [1.82, 2.24) is 0 Å². The van der Waals surface area contributed by atoms with Gasteiger partial charge < -0.3 is 14.2 Å². The average molecular weight is 373 g/mol. The first-order valence-electron chi connectivity index (χ1n) is 9.89. The van der Waals surface area contributed by atoms with Crippen LogP contribution < -0.4 is 0 Å². The topological polar surface area (TPSA) is 27.7 Å². The van der Waals surface area contributed by atoms with E-state index in [0.717, 1.165) is 19.3 Å². The SMILES string of the molecule is C=C[C@]12C[C@@H]3CC[C@H]1[C@@]1(Sc4ccccc4)[C@@H]3[C@@H](OCOC)CC[C@H]1O2. The van der Waals surface area contributed by atoms with Crippen LogP contribution in [0, 0.1) is 17.8 Å². The van der Waals surface area contributed by atoms with Gasteiger partial charge in [-0.05, 0) is 50.2 Å². The molecule has 6 rings (SSSR count). The number of hydrogen-bond donors (Lipinski definition) is 0. The van der Waals surface area contributed by atoms with E-state index in [0.29, 0.717) is 30.7 Å². The number of methoxy groups -OCH3 is 1. The van der Waals surface area contributed by atoms with Crippen molar-refractivity contribution in [2.45, 2.75) is 59.6 Å². The Hall–Kier alpha value is -0.810. The quantitative estimate of drug-likeness (QED) is 0.536. The predicted octanol–water partition coefficient (Wildman–Crippen LogP) is 4.67. The third-order valence-corrected chi connectivity index (χ3v) is 9.01. The van der Waals surface area contributed by atoms with Gasteiger partial charge in [-0.1, -0.05) is 24.3 Å². The van der Waals surface area contributed by atoms with Crippen molar-refractivity contribution in [2.24, 2.45) is 17.8 Å². The zero-order valence-electron chi connectivity index (χ0n) is 15.4. The lowest BCUT2D eigenvalue weighted by Crippen LogP contribution is -2.65. The number of benzene rings is 1. The molecule has 140 valence electrons. The summed E-state index contributed by atoms with van der Waals surface area (Å²) >= 11 is 2.07. The third kappa shape index (κ3) is 2.25. The Morgan fingerprint density at radius 2 is 2.08 bits per heavy atom. The maximum Gasteiger partial charge on any atom is 0.146 e. The van der Waals surface area contributed by atoms with Crippen molar-refractivity contribution in [1.29, 1.82) is 0 Å². The summed E-state index contributed by atoms with van der Waals surface area (Å²) in [6, 6.07) is 10.9. The third-order valence-electron chi connectivity index (χ3n) is 7.33. The molecule has 5 fully saturated rings. The number of hydrogen-bond acceptors (Lipinski definition) is 4. The van der Waals surface area contributed by atoms with Gasteiger partial charge in [-0.3, -0.25) is 0 Å². The van der Waals surface area contributed by atoms with E-state index in [1.54, 1.807) is 7.11 Å². The van der Waals surface area contributed by atoms with Crippen LogP contribution in [0.25, 0.3) is 0 Å². The number of fused-ring (bicyclic) bond motifs is 1. The lowest BCUT2D eigenvalue weighted by molar-refractivity contribution is -0.140. The summed E-state index contributed by atoms with van der Waals surface area (Å²) in [6.07, 6.45) is 8.53. The zero-order chi connectivity index (χ0) is 17.8. The van der Waals surface area contributed by atoms with Gasteiger partial charge in [-0.15, -0.1) is 18.3 Å². The van der Waals surface area contributed by atoms with Crippen LogP contribution in [-0.4, -0.2) is 36.5 Å². The standard InChI is InChI=1S/C22H28O3S/c1-3-21-13-15-9-11-18(21)22(26-16-7-5-4-6-8-16)19(25-21)12-10-17(20(15)22)24-14-23-2/h3-8,15,17-20H,1,9-14H2,2H3/t15-,17-,18+,19+,20-,21-,22-/m0/s1. The van der Waals surface area contributed by atoms with Gasteiger partial charge >= 0.3 is 0 Å². The molecule has 1 saturated heterocycles. The van der Waals surface area contributed by atoms with Crippen molar-refractivity contribution >= 4 is 11.8 Å². The summed E-state index contributed by atoms with van der Waals surface area (Å²) in [5.74, 6) is 1.73. The molecular weight excluding hydrogens is 344 g/mol. The Kier molecular flexibility index (Phi) is 4.24. The van der Waals surface area contributed by atoms with Crippen molar-refractivity contribution in [3.63, 3.8) is 0 Å². The molecular formula is C22H28O3S. The molecule has 0 spiro atoms. The van der Waals surface area contributed by atoms with E-state index in [1.807, 2.05) is 0 Å². The molecule has 1 aromatic rings. The van der Waals surface area contributed by atoms with Crippen LogP contribution in [-0.2, 0) is 14.2 Å². The second-order valence-corrected chi connectivity index (χ2v) is 9.73. The van der Waals surface area contributed by atoms with Gasteiger partial charge in [-0.25, -0.2) is 0 Å². The zero-order valence-corrected chi connectivity index (χ0v) is 16.3. The highest BCUT2D eigenvalue weighted by Gasteiger charge is 2.74. The summed E-state index contributed by atoms with van der Waals surface area (Å²) in [5.41, 5.74) is -0.123. The number of rotatable bonds is 6. The summed E-state index contributed by atoms with van der Waals surface area (Å²) in [6.45, 7) is 4.60. The van der Waals surface area contributed by atoms with Crippen molar-refractivity contribution in [3.05, 3.63) is 43.0 Å². The summed E-state index contributed by atoms with van der Waals surface area (Å²) < 4.78 is 18.4. The molecule has 4 bridgehead atoms. The van der Waals surface area contributed by atoms with E-state index in [1.165, 1.54) is 17.7 Å². The van der Waals surface area contributed by atoms with E-state index in [2.05, 4.69) is 54.7 Å². The van der Waals surface area contributed by atoms with Gasteiger partial charge in [0, 0.05) is 23.8 Å². The number of thioether (sulfide) groups is 1. The molecule has 0 unspecified atom stereocenters. The maximum absolute atomic E-state index is 6.83. The normalized spacial score (nSPS) is 45.7. The van der Waals surface area contributed by atoms with Crippen molar-refractivity contribution < 1.29 is 14.2 Å². The Morgan fingerprint density at radius 1 is 1.23 bits per heavy atom. The monoisotopic (exact) mass is 372 g/mol. The molecule has 4 aliphatic carbocycles. The van der Waals surface area contributed by atoms with Crippen LogP contribution >= 0.6 is 11.8 Å². The molecule has 0 aromatic heterocycles. The molecule has 1 heterocycles. The van der Waals surface area contributed by atoms with E-state index in [-0.39, 0.29) is 16.5 Å². The molecule has 1 aromatic carbocycles. The predicted molar refractivity (Wildman–Crippen MR) is 103 cm³/mol. The minimum absolute atomic E-state index is 0.105. The van der Waals surface area contributed by atoms with Crippen molar-refractivity contribution in [3.8, 4) is 0 Å². The van der Waals surface area contributed by atoms with Crippen LogP contribution in [0.4, 0.5) is 0 Å². The van der Waals surface area contributed by atoms with Crippen molar-refractivity contribution in [2.75, 3.05) is 13.9 Å². The lowest BCUT2D eigenvalue weighted by atomic mass is 9.50. The van der Waals surface area contributed by atoms with E-state index >= 15 is 0 Å². The van der Waals surface area contributed by atoms with E-state index in [4.69, 9.17) is 14.2 Å². The summed E-state index contributed by atoms with van der Waals surface area (Å²) in [7, 11) is 1.72. The first-order valence-corrected chi connectivity index (χ1v) is 10.7. The van der Waals surface area contributed by atoms with E-state index in [9.17, 15) is 0 Å². The van der Waals surface area contributed by atoms with Gasteiger partial charge in [0.25, 0.3) is 0 Å². The first kappa shape index (κ1) is 17.3. The maximum atomic E-state index is 6.83. The van der Waals surface area contributed by atoms with Crippen LogP contribution in [0.5, 0.6) is 0 Å². The van der Waals surface area contributed by atoms with Crippen LogP contribution in [0.3, 0.4) is 0 Å². The molecule has 0 radical (unpaired) electrons. The molecule has 1 aliphatic heterocycles. The van der Waals surface area contributed by atoms with Gasteiger partial charge in [0.1, 0.15) is 6.79 Å². The Balaban J connectivity index is 1.59. The summed E-state index contributed by atoms with van der Waals surface area (Å²) in [4.78, 5) is 1.35. The van der Waals surface area contributed by atoms with Crippen LogP contribution in [0.1, 0.15) is 32.1 Å². The van der Waals surface area contributed by atoms with Gasteiger partial charge in [-0.2, -0.15) is 0 Å². The molecule has 26 heavy (non-hydrogen) atoms. The smallest absolute Gasteiger partial charge is 0.146 e. The fourth-order valence-electron chi connectivity index (χ4n) is 6.61. The Morgan fingerprint density at radius 3 is 2.85 bits per heavy atom. The minimum atomic E-state index is -0.123. The average Bonchev–Trinajstić information content (AvgIpc) is 2.94. The first-order chi connectivity index (χ1) is 12.7. The Bertz CT molecular complexity index is 679. The molecule has 0 amide bonds. The fraction of sp³-hybridized carbons (Fsp3) is 0.636. The molecule has 4 heteroatoms. The second kappa shape index (κ2) is 6.37. The van der Waals surface area contributed by atoms with Gasteiger partial charge in [0.15, 0.2) is 0 Å². The highest BCUT2D eigenvalue weighted by Crippen LogP contribution is 2.72. The lowest BCUT2D eigenvalue weighted by Gasteiger charge is -2.61. The molecule has 5 aliphatic rings. The Labute approximate surface area is 160 Å². The number of ether oxygens (including phenoxy) is 3. The second-order valence-electron chi connectivity index (χ2n) is 8.34. The van der Waals surface area contributed by atoms with Gasteiger partial charge in [0.2, 0.25) is 0 Å². The van der Waals surface area contributed by atoms with Gasteiger partial charge in [0.05, 0.1) is 22.6 Å². The van der Waals surface area contributed by atoms with E-state index < -0.39 is 0 Å². The highest BCUT2D eigenvalue weighted by molar-refractivity contribution is 8.00. The molecule has 4 saturated carbocycles. The highest BCUT2D eigenvalue weighted by atomic mass is 32.2. The minimum Gasteiger partial charge on any atom is -0.366 e. The molecule has 3 nitrogen and oxygen atoms in total. The van der Waals surface area contributed by atoms with Crippen LogP contribution in [0.2, 0.25) is 0 Å². The van der Waals surface area contributed by atoms with Crippen LogP contribution in [0.15, 0.2) is 47.9 Å². The molecule has 7 atom stereocenters.